The van der Waals surface area contributed by atoms with Gasteiger partial charge in [-0.15, -0.1) is 0 Å². The van der Waals surface area contributed by atoms with Crippen molar-refractivity contribution in [3.63, 3.8) is 0 Å². The van der Waals surface area contributed by atoms with Gasteiger partial charge in [0.1, 0.15) is 5.75 Å². The lowest BCUT2D eigenvalue weighted by atomic mass is 10.1. The molecule has 1 saturated heterocycles. The van der Waals surface area contributed by atoms with E-state index in [0.717, 1.165) is 18.7 Å². The molecule has 1 atom stereocenters. The molecule has 0 amide bonds. The largest absolute Gasteiger partial charge is 0.493 e. The molecule has 1 N–H and O–H groups in total. The minimum atomic E-state index is 0.220. The Kier molecular flexibility index (Phi) is 4.50. The number of nitrogens with zero attached hydrogens (tertiary/aromatic N) is 2. The fourth-order valence-corrected chi connectivity index (χ4v) is 2.47. The molecule has 0 radical (unpaired) electrons. The third-order valence-corrected chi connectivity index (χ3v) is 3.71. The van der Waals surface area contributed by atoms with Crippen LogP contribution in [0.15, 0.2) is 28.8 Å². The maximum absolute atomic E-state index is 5.68. The van der Waals surface area contributed by atoms with Crippen molar-refractivity contribution in [1.82, 2.24) is 15.5 Å². The van der Waals surface area contributed by atoms with Crippen molar-refractivity contribution in [3.05, 3.63) is 41.5 Å². The summed E-state index contributed by atoms with van der Waals surface area (Å²) in [5, 5.41) is 7.44. The Bertz CT molecular complexity index is 559. The average Bonchev–Trinajstić information content (AvgIpc) is 2.99. The zero-order chi connectivity index (χ0) is 14.5. The number of nitrogens with one attached hydrogen (secondary N) is 1. The van der Waals surface area contributed by atoms with Crippen molar-refractivity contribution in [2.75, 3.05) is 13.2 Å². The molecule has 21 heavy (non-hydrogen) atoms. The monoisotopic (exact) mass is 287 g/mol. The van der Waals surface area contributed by atoms with Crippen molar-refractivity contribution in [1.29, 1.82) is 0 Å². The molecule has 1 aliphatic heterocycles. The van der Waals surface area contributed by atoms with Gasteiger partial charge < -0.3 is 14.6 Å². The Labute approximate surface area is 124 Å². The van der Waals surface area contributed by atoms with Gasteiger partial charge in [-0.1, -0.05) is 29.3 Å². The molecule has 0 saturated carbocycles. The van der Waals surface area contributed by atoms with Gasteiger partial charge in [0, 0.05) is 6.42 Å². The fourth-order valence-electron chi connectivity index (χ4n) is 2.47. The van der Waals surface area contributed by atoms with Crippen LogP contribution in [0.1, 0.15) is 42.6 Å². The van der Waals surface area contributed by atoms with E-state index in [-0.39, 0.29) is 6.04 Å². The lowest BCUT2D eigenvalue weighted by Crippen LogP contribution is -2.27. The van der Waals surface area contributed by atoms with Crippen LogP contribution >= 0.6 is 0 Å². The first-order valence-corrected chi connectivity index (χ1v) is 7.56. The number of rotatable bonds is 5. The van der Waals surface area contributed by atoms with Gasteiger partial charge in [-0.3, -0.25) is 0 Å². The molecule has 1 unspecified atom stereocenters. The van der Waals surface area contributed by atoms with Gasteiger partial charge in [-0.05, 0) is 38.4 Å². The van der Waals surface area contributed by atoms with Crippen LogP contribution in [0, 0.1) is 6.92 Å². The molecular formula is C16H21N3O2. The predicted molar refractivity (Wildman–Crippen MR) is 79.3 cm³/mol. The number of aryl methyl sites for hydroxylation is 1. The Balaban J connectivity index is 1.49. The molecule has 0 aliphatic carbocycles. The molecule has 112 valence electrons. The van der Waals surface area contributed by atoms with Crippen molar-refractivity contribution in [2.45, 2.75) is 38.6 Å². The van der Waals surface area contributed by atoms with E-state index in [1.165, 1.54) is 18.4 Å². The fraction of sp³-hybridized carbons (Fsp3) is 0.500. The van der Waals surface area contributed by atoms with Gasteiger partial charge in [-0.2, -0.15) is 4.98 Å². The van der Waals surface area contributed by atoms with Gasteiger partial charge in [0.05, 0.1) is 12.6 Å². The number of hydrogen-bond acceptors (Lipinski definition) is 5. The molecule has 1 aromatic heterocycles. The van der Waals surface area contributed by atoms with E-state index in [2.05, 4.69) is 22.4 Å². The normalized spacial score (nSPS) is 18.6. The Morgan fingerprint density at radius 2 is 2.14 bits per heavy atom. The summed E-state index contributed by atoms with van der Waals surface area (Å²) in [5.41, 5.74) is 1.23. The zero-order valence-corrected chi connectivity index (χ0v) is 12.3. The summed E-state index contributed by atoms with van der Waals surface area (Å²) >= 11 is 0. The van der Waals surface area contributed by atoms with E-state index < -0.39 is 0 Å². The molecule has 1 aliphatic rings. The summed E-state index contributed by atoms with van der Waals surface area (Å²) in [7, 11) is 0. The summed E-state index contributed by atoms with van der Waals surface area (Å²) in [6, 6.07) is 8.25. The molecule has 5 nitrogen and oxygen atoms in total. The smallest absolute Gasteiger partial charge is 0.243 e. The third-order valence-electron chi connectivity index (χ3n) is 3.71. The van der Waals surface area contributed by atoms with E-state index in [9.17, 15) is 0 Å². The highest BCUT2D eigenvalue weighted by Gasteiger charge is 2.20. The Morgan fingerprint density at radius 1 is 1.29 bits per heavy atom. The molecule has 1 aromatic carbocycles. The second kappa shape index (κ2) is 6.72. The van der Waals surface area contributed by atoms with Crippen LogP contribution in [0.3, 0.4) is 0 Å². The number of benzene rings is 1. The van der Waals surface area contributed by atoms with Crippen LogP contribution in [0.2, 0.25) is 0 Å². The average molecular weight is 287 g/mol. The van der Waals surface area contributed by atoms with Gasteiger partial charge >= 0.3 is 0 Å². The summed E-state index contributed by atoms with van der Waals surface area (Å²) in [6.07, 6.45) is 4.17. The van der Waals surface area contributed by atoms with Crippen molar-refractivity contribution in [2.24, 2.45) is 0 Å². The first kappa shape index (κ1) is 14.1. The molecule has 3 rings (SSSR count). The first-order chi connectivity index (χ1) is 10.3. The van der Waals surface area contributed by atoms with Crippen LogP contribution in [-0.4, -0.2) is 23.3 Å². The maximum atomic E-state index is 5.68. The molecule has 2 aromatic rings. The standard InChI is InChI=1S/C16H21N3O2/c1-12-5-7-13(8-6-12)20-11-9-15-18-16(21-19-15)14-4-2-3-10-17-14/h5-8,14,17H,2-4,9-11H2,1H3. The number of aromatic nitrogens is 2. The van der Waals surface area contributed by atoms with Crippen LogP contribution in [-0.2, 0) is 6.42 Å². The van der Waals surface area contributed by atoms with Crippen LogP contribution in [0.5, 0.6) is 5.75 Å². The highest BCUT2D eigenvalue weighted by molar-refractivity contribution is 5.26. The molecule has 1 fully saturated rings. The zero-order valence-electron chi connectivity index (χ0n) is 12.3. The van der Waals surface area contributed by atoms with E-state index in [0.29, 0.717) is 24.7 Å². The first-order valence-electron chi connectivity index (χ1n) is 7.56. The van der Waals surface area contributed by atoms with Gasteiger partial charge in [0.15, 0.2) is 5.82 Å². The number of hydrogen-bond donors (Lipinski definition) is 1. The van der Waals surface area contributed by atoms with E-state index >= 15 is 0 Å². The quantitative estimate of drug-likeness (QED) is 0.916. The van der Waals surface area contributed by atoms with Gasteiger partial charge in [0.2, 0.25) is 5.89 Å². The van der Waals surface area contributed by atoms with Crippen LogP contribution in [0.4, 0.5) is 0 Å². The molecular weight excluding hydrogens is 266 g/mol. The van der Waals surface area contributed by atoms with E-state index in [4.69, 9.17) is 9.26 Å². The second-order valence-electron chi connectivity index (χ2n) is 5.46. The summed E-state index contributed by atoms with van der Waals surface area (Å²) < 4.78 is 11.0. The lowest BCUT2D eigenvalue weighted by molar-refractivity contribution is 0.292. The Hall–Kier alpha value is -1.88. The molecule has 0 spiro atoms. The minimum absolute atomic E-state index is 0.220. The third kappa shape index (κ3) is 3.82. The van der Waals surface area contributed by atoms with Crippen molar-refractivity contribution >= 4 is 0 Å². The van der Waals surface area contributed by atoms with Crippen LogP contribution in [0.25, 0.3) is 0 Å². The van der Waals surface area contributed by atoms with Crippen LogP contribution < -0.4 is 10.1 Å². The Morgan fingerprint density at radius 3 is 2.90 bits per heavy atom. The lowest BCUT2D eigenvalue weighted by Gasteiger charge is -2.19. The summed E-state index contributed by atoms with van der Waals surface area (Å²) in [6.45, 7) is 3.64. The molecule has 0 bridgehead atoms. The van der Waals surface area contributed by atoms with Crippen molar-refractivity contribution in [3.8, 4) is 5.75 Å². The SMILES string of the molecule is Cc1ccc(OCCc2noc(C3CCCCN3)n2)cc1. The van der Waals surface area contributed by atoms with Gasteiger partial charge in [-0.25, -0.2) is 0 Å². The highest BCUT2D eigenvalue weighted by Crippen LogP contribution is 2.21. The topological polar surface area (TPSA) is 60.2 Å². The maximum Gasteiger partial charge on any atom is 0.243 e. The number of piperidine rings is 1. The summed E-state index contributed by atoms with van der Waals surface area (Å²) in [5.74, 6) is 2.29. The molecule has 2 heterocycles. The highest BCUT2D eigenvalue weighted by atomic mass is 16.5. The molecule has 5 heteroatoms. The predicted octanol–water partition coefficient (Wildman–Crippen LogP) is 2.81. The second-order valence-corrected chi connectivity index (χ2v) is 5.46. The van der Waals surface area contributed by atoms with E-state index in [1.807, 2.05) is 24.3 Å². The summed E-state index contributed by atoms with van der Waals surface area (Å²) in [4.78, 5) is 4.46. The number of ether oxygens (including phenoxy) is 1. The van der Waals surface area contributed by atoms with Gasteiger partial charge in [0.25, 0.3) is 0 Å². The minimum Gasteiger partial charge on any atom is -0.493 e. The van der Waals surface area contributed by atoms with E-state index in [1.54, 1.807) is 0 Å². The van der Waals surface area contributed by atoms with Crippen molar-refractivity contribution < 1.29 is 9.26 Å².